The molecule has 0 radical (unpaired) electrons. The number of imidazole rings is 1. The van der Waals surface area contributed by atoms with Gasteiger partial charge >= 0.3 is 0 Å². The molecule has 1 aliphatic rings. The maximum atomic E-state index is 5.78. The molecule has 1 aliphatic heterocycles. The normalized spacial score (nSPS) is 20.8. The monoisotopic (exact) mass is 281 g/mol. The highest BCUT2D eigenvalue weighted by Gasteiger charge is 2.28. The Morgan fingerprint density at radius 1 is 1.24 bits per heavy atom. The summed E-state index contributed by atoms with van der Waals surface area (Å²) >= 11 is 0. The number of H-pyrrole nitrogens is 1. The summed E-state index contributed by atoms with van der Waals surface area (Å²) in [6, 6.07) is 8.26. The molecule has 0 fully saturated rings. The first-order valence-corrected chi connectivity index (χ1v) is 6.95. The van der Waals surface area contributed by atoms with Crippen LogP contribution in [-0.2, 0) is 0 Å². The van der Waals surface area contributed by atoms with Crippen molar-refractivity contribution in [3.63, 3.8) is 0 Å². The van der Waals surface area contributed by atoms with Crippen molar-refractivity contribution in [3.8, 4) is 5.75 Å². The van der Waals surface area contributed by atoms with Crippen LogP contribution in [-0.4, -0.2) is 26.5 Å². The van der Waals surface area contributed by atoms with E-state index < -0.39 is 0 Å². The molecule has 0 amide bonds. The summed E-state index contributed by atoms with van der Waals surface area (Å²) in [6.07, 6.45) is 3.16. The van der Waals surface area contributed by atoms with E-state index in [1.165, 1.54) is 6.33 Å². The Kier molecular flexibility index (Phi) is 2.73. The van der Waals surface area contributed by atoms with Crippen LogP contribution in [0.3, 0.4) is 0 Å². The van der Waals surface area contributed by atoms with Gasteiger partial charge in [-0.25, -0.2) is 15.0 Å². The number of benzene rings is 1. The molecule has 6 heteroatoms. The number of ether oxygens (including phenoxy) is 1. The van der Waals surface area contributed by atoms with Crippen molar-refractivity contribution >= 4 is 17.0 Å². The van der Waals surface area contributed by atoms with Gasteiger partial charge in [0.05, 0.1) is 19.0 Å². The first kappa shape index (κ1) is 12.1. The SMILES string of the molecule is CC1COc2ccccc2C1Nc1ncnc2nc[nH]c12. The molecule has 2 unspecified atom stereocenters. The van der Waals surface area contributed by atoms with Crippen LogP contribution in [0.25, 0.3) is 11.2 Å². The molecule has 6 nitrogen and oxygen atoms in total. The van der Waals surface area contributed by atoms with Gasteiger partial charge in [0, 0.05) is 11.5 Å². The van der Waals surface area contributed by atoms with Gasteiger partial charge in [0.1, 0.15) is 17.6 Å². The van der Waals surface area contributed by atoms with E-state index in [1.807, 2.05) is 18.2 Å². The summed E-state index contributed by atoms with van der Waals surface area (Å²) in [7, 11) is 0. The van der Waals surface area contributed by atoms with Crippen LogP contribution in [0.4, 0.5) is 5.82 Å². The zero-order valence-corrected chi connectivity index (χ0v) is 11.6. The minimum atomic E-state index is 0.149. The van der Waals surface area contributed by atoms with E-state index in [-0.39, 0.29) is 6.04 Å². The fourth-order valence-electron chi connectivity index (χ4n) is 2.73. The predicted molar refractivity (Wildman–Crippen MR) is 79.1 cm³/mol. The molecule has 4 rings (SSSR count). The number of aromatic amines is 1. The average Bonchev–Trinajstić information content (AvgIpc) is 2.99. The summed E-state index contributed by atoms with van der Waals surface area (Å²) in [4.78, 5) is 15.7. The molecule has 0 saturated carbocycles. The zero-order chi connectivity index (χ0) is 14.2. The Morgan fingerprint density at radius 2 is 2.14 bits per heavy atom. The van der Waals surface area contributed by atoms with Gasteiger partial charge < -0.3 is 15.0 Å². The van der Waals surface area contributed by atoms with E-state index >= 15 is 0 Å². The van der Waals surface area contributed by atoms with Gasteiger partial charge in [-0.15, -0.1) is 0 Å². The number of nitrogens with one attached hydrogen (secondary N) is 2. The molecule has 2 atom stereocenters. The van der Waals surface area contributed by atoms with Crippen molar-refractivity contribution in [1.29, 1.82) is 0 Å². The lowest BCUT2D eigenvalue weighted by Gasteiger charge is -2.32. The van der Waals surface area contributed by atoms with E-state index in [9.17, 15) is 0 Å². The molecule has 3 aromatic rings. The third-order valence-electron chi connectivity index (χ3n) is 3.84. The number of fused-ring (bicyclic) bond motifs is 2. The van der Waals surface area contributed by atoms with Crippen LogP contribution < -0.4 is 10.1 Å². The molecule has 21 heavy (non-hydrogen) atoms. The Hall–Kier alpha value is -2.63. The lowest BCUT2D eigenvalue weighted by Crippen LogP contribution is -2.29. The zero-order valence-electron chi connectivity index (χ0n) is 11.6. The summed E-state index contributed by atoms with van der Waals surface area (Å²) < 4.78 is 5.78. The number of nitrogens with zero attached hydrogens (tertiary/aromatic N) is 3. The molecule has 0 bridgehead atoms. The maximum absolute atomic E-state index is 5.78. The summed E-state index contributed by atoms with van der Waals surface area (Å²) in [5.74, 6) is 2.04. The number of hydrogen-bond donors (Lipinski definition) is 2. The largest absolute Gasteiger partial charge is 0.493 e. The third kappa shape index (κ3) is 1.99. The molecule has 3 heterocycles. The number of anilines is 1. The predicted octanol–water partition coefficient (Wildman–Crippen LogP) is 2.53. The van der Waals surface area contributed by atoms with Gasteiger partial charge in [0.25, 0.3) is 0 Å². The number of para-hydroxylation sites is 1. The van der Waals surface area contributed by atoms with E-state index in [1.54, 1.807) is 6.33 Å². The van der Waals surface area contributed by atoms with Crippen molar-refractivity contribution in [2.45, 2.75) is 13.0 Å². The lowest BCUT2D eigenvalue weighted by atomic mass is 9.92. The highest BCUT2D eigenvalue weighted by atomic mass is 16.5. The van der Waals surface area contributed by atoms with E-state index in [2.05, 4.69) is 38.2 Å². The molecule has 1 aromatic carbocycles. The number of aromatic nitrogens is 4. The molecule has 0 saturated heterocycles. The summed E-state index contributed by atoms with van der Waals surface area (Å²) in [5.41, 5.74) is 2.65. The standard InChI is InChI=1S/C15H15N5O/c1-9-6-21-11-5-3-2-4-10(11)12(9)20-15-13-14(17-7-16-13)18-8-19-15/h2-5,7-9,12H,6H2,1H3,(H2,16,17,18,19,20). The molecule has 106 valence electrons. The first-order valence-electron chi connectivity index (χ1n) is 6.95. The molecule has 2 aromatic heterocycles. The summed E-state index contributed by atoms with van der Waals surface area (Å²) in [5, 5.41) is 3.51. The minimum absolute atomic E-state index is 0.149. The van der Waals surface area contributed by atoms with Gasteiger partial charge in [-0.2, -0.15) is 0 Å². The second kappa shape index (κ2) is 4.73. The highest BCUT2D eigenvalue weighted by molar-refractivity contribution is 5.82. The van der Waals surface area contributed by atoms with Gasteiger partial charge in [0.2, 0.25) is 0 Å². The highest BCUT2D eigenvalue weighted by Crippen LogP contribution is 2.37. The van der Waals surface area contributed by atoms with E-state index in [4.69, 9.17) is 4.74 Å². The van der Waals surface area contributed by atoms with E-state index in [0.717, 1.165) is 22.6 Å². The molecular weight excluding hydrogens is 266 g/mol. The Balaban J connectivity index is 1.75. The van der Waals surface area contributed by atoms with Gasteiger partial charge in [0.15, 0.2) is 11.5 Å². The Bertz CT molecular complexity index is 784. The third-order valence-corrected chi connectivity index (χ3v) is 3.84. The van der Waals surface area contributed by atoms with E-state index in [0.29, 0.717) is 18.2 Å². The topological polar surface area (TPSA) is 75.7 Å². The van der Waals surface area contributed by atoms with Crippen LogP contribution in [0, 0.1) is 5.92 Å². The number of hydrogen-bond acceptors (Lipinski definition) is 5. The van der Waals surface area contributed by atoms with Crippen molar-refractivity contribution in [1.82, 2.24) is 19.9 Å². The second-order valence-electron chi connectivity index (χ2n) is 5.27. The van der Waals surface area contributed by atoms with Crippen LogP contribution in [0.1, 0.15) is 18.5 Å². The molecule has 0 aliphatic carbocycles. The van der Waals surface area contributed by atoms with Crippen molar-refractivity contribution in [2.24, 2.45) is 5.92 Å². The van der Waals surface area contributed by atoms with Crippen molar-refractivity contribution < 1.29 is 4.74 Å². The van der Waals surface area contributed by atoms with Crippen LogP contribution in [0.5, 0.6) is 5.75 Å². The van der Waals surface area contributed by atoms with Crippen molar-refractivity contribution in [2.75, 3.05) is 11.9 Å². The van der Waals surface area contributed by atoms with Crippen LogP contribution >= 0.6 is 0 Å². The van der Waals surface area contributed by atoms with Gasteiger partial charge in [-0.3, -0.25) is 0 Å². The lowest BCUT2D eigenvalue weighted by molar-refractivity contribution is 0.214. The van der Waals surface area contributed by atoms with Gasteiger partial charge in [-0.05, 0) is 6.07 Å². The van der Waals surface area contributed by atoms with Crippen LogP contribution in [0.15, 0.2) is 36.9 Å². The smallest absolute Gasteiger partial charge is 0.182 e. The molecule has 2 N–H and O–H groups in total. The Morgan fingerprint density at radius 3 is 3.10 bits per heavy atom. The van der Waals surface area contributed by atoms with Crippen LogP contribution in [0.2, 0.25) is 0 Å². The second-order valence-corrected chi connectivity index (χ2v) is 5.27. The molecular formula is C15H15N5O. The quantitative estimate of drug-likeness (QED) is 0.755. The number of rotatable bonds is 2. The minimum Gasteiger partial charge on any atom is -0.493 e. The fraction of sp³-hybridized carbons (Fsp3) is 0.267. The molecule has 0 spiro atoms. The van der Waals surface area contributed by atoms with Gasteiger partial charge in [-0.1, -0.05) is 25.1 Å². The average molecular weight is 281 g/mol. The fourth-order valence-corrected chi connectivity index (χ4v) is 2.73. The maximum Gasteiger partial charge on any atom is 0.182 e. The first-order chi connectivity index (χ1) is 10.3. The van der Waals surface area contributed by atoms with Crippen molar-refractivity contribution in [3.05, 3.63) is 42.5 Å². The summed E-state index contributed by atoms with van der Waals surface area (Å²) in [6.45, 7) is 2.85. The Labute approximate surface area is 121 Å².